The first kappa shape index (κ1) is 11.5. The number of pyridine rings is 1. The number of amides is 1. The number of aromatic nitrogens is 1. The lowest BCUT2D eigenvalue weighted by molar-refractivity contribution is -0.117. The Morgan fingerprint density at radius 2 is 2.44 bits per heavy atom. The molecule has 1 unspecified atom stereocenters. The Bertz CT molecular complexity index is 444. The second-order valence-corrected chi connectivity index (χ2v) is 4.71. The van der Waals surface area contributed by atoms with E-state index < -0.39 is 0 Å². The Labute approximate surface area is 106 Å². The molecule has 2 aliphatic rings. The summed E-state index contributed by atoms with van der Waals surface area (Å²) in [6.45, 7) is 2.60. The summed E-state index contributed by atoms with van der Waals surface area (Å²) in [7, 11) is 0. The van der Waals surface area contributed by atoms with Crippen molar-refractivity contribution < 1.29 is 9.53 Å². The quantitative estimate of drug-likeness (QED) is 0.864. The van der Waals surface area contributed by atoms with Crippen LogP contribution in [0.4, 0.5) is 5.69 Å². The van der Waals surface area contributed by atoms with Crippen molar-refractivity contribution in [1.82, 2.24) is 10.3 Å². The zero-order valence-electron chi connectivity index (χ0n) is 10.3. The molecule has 3 rings (SSSR count). The van der Waals surface area contributed by atoms with Gasteiger partial charge in [0.2, 0.25) is 11.8 Å². The van der Waals surface area contributed by atoms with Crippen molar-refractivity contribution in [1.29, 1.82) is 0 Å². The summed E-state index contributed by atoms with van der Waals surface area (Å²) in [5, 5.41) is 3.26. The van der Waals surface area contributed by atoms with Crippen LogP contribution in [0, 0.1) is 0 Å². The van der Waals surface area contributed by atoms with Crippen LogP contribution in [-0.2, 0) is 4.79 Å². The third kappa shape index (κ3) is 2.18. The van der Waals surface area contributed by atoms with E-state index in [9.17, 15) is 4.79 Å². The van der Waals surface area contributed by atoms with E-state index in [-0.39, 0.29) is 12.0 Å². The van der Waals surface area contributed by atoms with Gasteiger partial charge >= 0.3 is 0 Å². The lowest BCUT2D eigenvalue weighted by atomic mass is 10.3. The van der Waals surface area contributed by atoms with E-state index in [1.807, 2.05) is 12.1 Å². The Kier molecular flexibility index (Phi) is 3.15. The molecule has 1 N–H and O–H groups in total. The molecule has 0 spiro atoms. The van der Waals surface area contributed by atoms with Crippen LogP contribution in [0.3, 0.4) is 0 Å². The average molecular weight is 247 g/mol. The SMILES string of the molecule is O=C1CCCN1c1cccnc1OC1CCNC1. The van der Waals surface area contributed by atoms with E-state index >= 15 is 0 Å². The summed E-state index contributed by atoms with van der Waals surface area (Å²) >= 11 is 0. The molecule has 0 radical (unpaired) electrons. The van der Waals surface area contributed by atoms with Crippen LogP contribution < -0.4 is 15.0 Å². The van der Waals surface area contributed by atoms with E-state index in [2.05, 4.69) is 10.3 Å². The van der Waals surface area contributed by atoms with Gasteiger partial charge in [-0.2, -0.15) is 0 Å². The van der Waals surface area contributed by atoms with E-state index in [1.54, 1.807) is 11.1 Å². The Morgan fingerprint density at radius 1 is 1.50 bits per heavy atom. The molecule has 2 aliphatic heterocycles. The first-order valence-electron chi connectivity index (χ1n) is 6.47. The normalized spacial score (nSPS) is 23.7. The van der Waals surface area contributed by atoms with Crippen molar-refractivity contribution in [3.05, 3.63) is 18.3 Å². The third-order valence-corrected chi connectivity index (χ3v) is 3.41. The fourth-order valence-electron chi connectivity index (χ4n) is 2.47. The minimum atomic E-state index is 0.163. The lowest BCUT2D eigenvalue weighted by Crippen LogP contribution is -2.26. The van der Waals surface area contributed by atoms with E-state index in [0.29, 0.717) is 12.3 Å². The van der Waals surface area contributed by atoms with E-state index in [4.69, 9.17) is 4.74 Å². The minimum absolute atomic E-state index is 0.163. The second kappa shape index (κ2) is 4.94. The molecule has 1 aromatic heterocycles. The summed E-state index contributed by atoms with van der Waals surface area (Å²) in [5.74, 6) is 0.749. The van der Waals surface area contributed by atoms with Gasteiger partial charge in [0.15, 0.2) is 0 Å². The van der Waals surface area contributed by atoms with Crippen molar-refractivity contribution in [2.75, 3.05) is 24.5 Å². The Balaban J connectivity index is 1.82. The van der Waals surface area contributed by atoms with Crippen LogP contribution in [-0.4, -0.2) is 36.6 Å². The molecule has 5 nitrogen and oxygen atoms in total. The number of hydrogen-bond acceptors (Lipinski definition) is 4. The fraction of sp³-hybridized carbons (Fsp3) is 0.538. The lowest BCUT2D eigenvalue weighted by Gasteiger charge is -2.20. The van der Waals surface area contributed by atoms with Crippen molar-refractivity contribution in [3.8, 4) is 5.88 Å². The topological polar surface area (TPSA) is 54.5 Å². The number of nitrogens with one attached hydrogen (secondary N) is 1. The number of carbonyl (C=O) groups excluding carboxylic acids is 1. The van der Waals surface area contributed by atoms with Gasteiger partial charge in [-0.1, -0.05) is 0 Å². The maximum atomic E-state index is 11.8. The molecule has 1 amide bonds. The van der Waals surface area contributed by atoms with Crippen molar-refractivity contribution in [2.24, 2.45) is 0 Å². The van der Waals surface area contributed by atoms with Gasteiger partial charge in [-0.05, 0) is 31.5 Å². The maximum Gasteiger partial charge on any atom is 0.238 e. The number of nitrogens with zero attached hydrogens (tertiary/aromatic N) is 2. The highest BCUT2D eigenvalue weighted by atomic mass is 16.5. The zero-order valence-corrected chi connectivity index (χ0v) is 10.3. The summed E-state index contributed by atoms with van der Waals surface area (Å²) in [6.07, 6.45) is 4.40. The minimum Gasteiger partial charge on any atom is -0.471 e. The van der Waals surface area contributed by atoms with Crippen LogP contribution in [0.5, 0.6) is 5.88 Å². The molecule has 2 saturated heterocycles. The highest BCUT2D eigenvalue weighted by Crippen LogP contribution is 2.30. The molecule has 0 saturated carbocycles. The smallest absolute Gasteiger partial charge is 0.238 e. The standard InChI is InChI=1S/C13H17N3O2/c17-12-4-2-8-16(12)11-3-1-6-15-13(11)18-10-5-7-14-9-10/h1,3,6,10,14H,2,4-5,7-9H2. The number of rotatable bonds is 3. The third-order valence-electron chi connectivity index (χ3n) is 3.41. The van der Waals surface area contributed by atoms with E-state index in [0.717, 1.165) is 38.2 Å². The maximum absolute atomic E-state index is 11.8. The van der Waals surface area contributed by atoms with Crippen molar-refractivity contribution in [2.45, 2.75) is 25.4 Å². The molecule has 3 heterocycles. The predicted octanol–water partition coefficient (Wildman–Crippen LogP) is 0.949. The number of ether oxygens (including phenoxy) is 1. The van der Waals surface area contributed by atoms with Crippen LogP contribution in [0.15, 0.2) is 18.3 Å². The molecule has 0 bridgehead atoms. The van der Waals surface area contributed by atoms with Crippen LogP contribution >= 0.6 is 0 Å². The van der Waals surface area contributed by atoms with Gasteiger partial charge in [-0.15, -0.1) is 0 Å². The molecular formula is C13H17N3O2. The van der Waals surface area contributed by atoms with Crippen LogP contribution in [0.2, 0.25) is 0 Å². The van der Waals surface area contributed by atoms with Crippen molar-refractivity contribution >= 4 is 11.6 Å². The molecule has 1 atom stereocenters. The highest BCUT2D eigenvalue weighted by molar-refractivity contribution is 5.96. The monoisotopic (exact) mass is 247 g/mol. The fourth-order valence-corrected chi connectivity index (χ4v) is 2.47. The molecule has 0 aromatic carbocycles. The molecule has 96 valence electrons. The molecule has 1 aromatic rings. The summed E-state index contributed by atoms with van der Waals surface area (Å²) in [6, 6.07) is 3.76. The molecule has 0 aliphatic carbocycles. The zero-order chi connectivity index (χ0) is 12.4. The number of hydrogen-bond donors (Lipinski definition) is 1. The van der Waals surface area contributed by atoms with Gasteiger partial charge in [-0.25, -0.2) is 4.98 Å². The van der Waals surface area contributed by atoms with Gasteiger partial charge in [0.05, 0.1) is 0 Å². The Hall–Kier alpha value is -1.62. The molecular weight excluding hydrogens is 230 g/mol. The first-order valence-corrected chi connectivity index (χ1v) is 6.47. The molecule has 5 heteroatoms. The van der Waals surface area contributed by atoms with Gasteiger partial charge in [0.1, 0.15) is 11.8 Å². The average Bonchev–Trinajstić information content (AvgIpc) is 3.02. The molecule has 2 fully saturated rings. The Morgan fingerprint density at radius 3 is 3.17 bits per heavy atom. The van der Waals surface area contributed by atoms with Gasteiger partial charge in [0, 0.05) is 25.7 Å². The van der Waals surface area contributed by atoms with Gasteiger partial charge in [-0.3, -0.25) is 4.79 Å². The summed E-state index contributed by atoms with van der Waals surface area (Å²) in [5.41, 5.74) is 0.812. The second-order valence-electron chi connectivity index (χ2n) is 4.71. The van der Waals surface area contributed by atoms with Gasteiger partial charge < -0.3 is 15.0 Å². The summed E-state index contributed by atoms with van der Waals surface area (Å²) < 4.78 is 5.90. The molecule has 18 heavy (non-hydrogen) atoms. The van der Waals surface area contributed by atoms with Crippen LogP contribution in [0.1, 0.15) is 19.3 Å². The van der Waals surface area contributed by atoms with E-state index in [1.165, 1.54) is 0 Å². The van der Waals surface area contributed by atoms with Crippen molar-refractivity contribution in [3.63, 3.8) is 0 Å². The van der Waals surface area contributed by atoms with Crippen LogP contribution in [0.25, 0.3) is 0 Å². The predicted molar refractivity (Wildman–Crippen MR) is 67.7 cm³/mol. The summed E-state index contributed by atoms with van der Waals surface area (Å²) in [4.78, 5) is 17.9. The highest BCUT2D eigenvalue weighted by Gasteiger charge is 2.26. The number of carbonyl (C=O) groups is 1. The van der Waals surface area contributed by atoms with Gasteiger partial charge in [0.25, 0.3) is 0 Å². The first-order chi connectivity index (χ1) is 8.84. The number of anilines is 1. The largest absolute Gasteiger partial charge is 0.471 e.